The second kappa shape index (κ2) is 4.58. The standard InChI is InChI=1S/C10H12O2/c1-2-3-4-5-8-12-10(11)9-6-7-9/h2,4-5,8-9H,6-7H2,1H3/b8-5+. The predicted octanol–water partition coefficient (Wildman–Crippen LogP) is 2.18. The largest absolute Gasteiger partial charge is 0.434 e. The summed E-state index contributed by atoms with van der Waals surface area (Å²) in [6.07, 6.45) is 8.50. The molecule has 2 nitrogen and oxygen atoms in total. The molecule has 0 aliphatic heterocycles. The average molecular weight is 164 g/mol. The third kappa shape index (κ3) is 3.22. The van der Waals surface area contributed by atoms with E-state index in [0.29, 0.717) is 0 Å². The second-order valence-corrected chi connectivity index (χ2v) is 2.66. The summed E-state index contributed by atoms with van der Waals surface area (Å²) in [4.78, 5) is 10.9. The zero-order valence-corrected chi connectivity index (χ0v) is 7.12. The molecule has 0 aromatic heterocycles. The molecule has 2 heteroatoms. The first-order chi connectivity index (χ1) is 5.84. The minimum atomic E-state index is -0.111. The Labute approximate surface area is 72.2 Å². The highest BCUT2D eigenvalue weighted by atomic mass is 16.5. The van der Waals surface area contributed by atoms with Crippen molar-refractivity contribution in [1.82, 2.24) is 0 Å². The lowest BCUT2D eigenvalue weighted by Crippen LogP contribution is -2.00. The van der Waals surface area contributed by atoms with E-state index in [9.17, 15) is 4.79 Å². The summed E-state index contributed by atoms with van der Waals surface area (Å²) in [7, 11) is 0. The normalized spacial score (nSPS) is 15.4. The number of hydrogen-bond donors (Lipinski definition) is 0. The molecule has 0 N–H and O–H groups in total. The molecule has 1 aliphatic carbocycles. The summed E-state index contributed by atoms with van der Waals surface area (Å²) in [5.74, 6) is 0.0560. The first-order valence-electron chi connectivity index (χ1n) is 4.07. The van der Waals surface area contributed by atoms with Gasteiger partial charge in [-0.1, -0.05) is 0 Å². The smallest absolute Gasteiger partial charge is 0.313 e. The van der Waals surface area contributed by atoms with Crippen LogP contribution in [0.3, 0.4) is 0 Å². The lowest BCUT2D eigenvalue weighted by atomic mass is 10.4. The molecule has 1 saturated carbocycles. The van der Waals surface area contributed by atoms with Crippen molar-refractivity contribution in [3.05, 3.63) is 30.2 Å². The molecule has 0 unspecified atom stereocenters. The maximum atomic E-state index is 10.9. The van der Waals surface area contributed by atoms with Gasteiger partial charge in [0.2, 0.25) is 0 Å². The molecule has 0 aromatic carbocycles. The zero-order chi connectivity index (χ0) is 8.81. The van der Waals surface area contributed by atoms with Crippen LogP contribution >= 0.6 is 0 Å². The number of ether oxygens (including phenoxy) is 1. The van der Waals surface area contributed by atoms with Crippen molar-refractivity contribution in [3.8, 4) is 0 Å². The highest BCUT2D eigenvalue weighted by Gasteiger charge is 2.30. The van der Waals surface area contributed by atoms with Crippen molar-refractivity contribution < 1.29 is 9.53 Å². The van der Waals surface area contributed by atoms with E-state index in [1.54, 1.807) is 18.2 Å². The Bertz CT molecular complexity index is 241. The molecule has 1 aliphatic rings. The van der Waals surface area contributed by atoms with Crippen molar-refractivity contribution >= 4 is 5.97 Å². The van der Waals surface area contributed by atoms with Crippen molar-refractivity contribution in [3.63, 3.8) is 0 Å². The first-order valence-corrected chi connectivity index (χ1v) is 4.07. The van der Waals surface area contributed by atoms with E-state index in [-0.39, 0.29) is 11.9 Å². The third-order valence-electron chi connectivity index (χ3n) is 1.53. The van der Waals surface area contributed by atoms with Crippen molar-refractivity contribution in [2.45, 2.75) is 19.8 Å². The number of allylic oxidation sites excluding steroid dienone is 2. The maximum Gasteiger partial charge on any atom is 0.313 e. The molecule has 0 bridgehead atoms. The summed E-state index contributed by atoms with van der Waals surface area (Å²) in [5, 5.41) is 0. The summed E-state index contributed by atoms with van der Waals surface area (Å²) in [6, 6.07) is 0. The van der Waals surface area contributed by atoms with Gasteiger partial charge in [-0.2, -0.15) is 0 Å². The van der Waals surface area contributed by atoms with Crippen LogP contribution in [0.25, 0.3) is 0 Å². The molecule has 0 saturated heterocycles. The summed E-state index contributed by atoms with van der Waals surface area (Å²) >= 11 is 0. The zero-order valence-electron chi connectivity index (χ0n) is 7.12. The van der Waals surface area contributed by atoms with Crippen molar-refractivity contribution in [2.75, 3.05) is 0 Å². The fourth-order valence-corrected chi connectivity index (χ4v) is 0.713. The minimum Gasteiger partial charge on any atom is -0.434 e. The van der Waals surface area contributed by atoms with E-state index in [2.05, 4.69) is 5.73 Å². The van der Waals surface area contributed by atoms with Crippen molar-refractivity contribution in [2.24, 2.45) is 5.92 Å². The van der Waals surface area contributed by atoms with Crippen LogP contribution < -0.4 is 0 Å². The van der Waals surface area contributed by atoms with Gasteiger partial charge in [-0.3, -0.25) is 4.79 Å². The van der Waals surface area contributed by atoms with E-state index in [1.165, 1.54) is 6.26 Å². The fraction of sp³-hybridized carbons (Fsp3) is 0.400. The van der Waals surface area contributed by atoms with Gasteiger partial charge in [0, 0.05) is 0 Å². The van der Waals surface area contributed by atoms with Gasteiger partial charge in [0.15, 0.2) is 0 Å². The van der Waals surface area contributed by atoms with Crippen LogP contribution in [0, 0.1) is 5.92 Å². The Hall–Kier alpha value is -1.27. The Morgan fingerprint density at radius 2 is 2.33 bits per heavy atom. The van der Waals surface area contributed by atoms with Gasteiger partial charge < -0.3 is 4.74 Å². The first kappa shape index (κ1) is 8.82. The molecule has 0 amide bonds. The van der Waals surface area contributed by atoms with Gasteiger partial charge in [-0.15, -0.1) is 5.73 Å². The summed E-state index contributed by atoms with van der Waals surface area (Å²) in [5.41, 5.74) is 2.84. The monoisotopic (exact) mass is 164 g/mol. The number of carbonyl (C=O) groups is 1. The highest BCUT2D eigenvalue weighted by molar-refractivity contribution is 5.75. The van der Waals surface area contributed by atoms with E-state index in [1.807, 2.05) is 6.92 Å². The SMILES string of the molecule is CC=C=C/C=C/OC(=O)C1CC1. The molecule has 1 fully saturated rings. The summed E-state index contributed by atoms with van der Waals surface area (Å²) < 4.78 is 4.81. The Kier molecular flexibility index (Phi) is 3.36. The lowest BCUT2D eigenvalue weighted by molar-refractivity contribution is -0.139. The molecule has 12 heavy (non-hydrogen) atoms. The molecule has 64 valence electrons. The van der Waals surface area contributed by atoms with E-state index in [0.717, 1.165) is 12.8 Å². The Morgan fingerprint density at radius 1 is 1.58 bits per heavy atom. The number of esters is 1. The fourth-order valence-electron chi connectivity index (χ4n) is 0.713. The van der Waals surface area contributed by atoms with Crippen LogP contribution in [-0.4, -0.2) is 5.97 Å². The number of rotatable bonds is 3. The minimum absolute atomic E-state index is 0.111. The average Bonchev–Trinajstić information content (AvgIpc) is 2.86. The molecule has 0 aromatic rings. The van der Waals surface area contributed by atoms with E-state index >= 15 is 0 Å². The van der Waals surface area contributed by atoms with Crippen LogP contribution in [-0.2, 0) is 9.53 Å². The van der Waals surface area contributed by atoms with Gasteiger partial charge >= 0.3 is 5.97 Å². The van der Waals surface area contributed by atoms with Crippen LogP contribution in [0.5, 0.6) is 0 Å². The van der Waals surface area contributed by atoms with Crippen LogP contribution in [0.1, 0.15) is 19.8 Å². The molecule has 0 spiro atoms. The van der Waals surface area contributed by atoms with Gasteiger partial charge in [0.1, 0.15) is 0 Å². The molecule has 1 rings (SSSR count). The van der Waals surface area contributed by atoms with Crippen LogP contribution in [0.4, 0.5) is 0 Å². The van der Waals surface area contributed by atoms with Crippen LogP contribution in [0.2, 0.25) is 0 Å². The molecule has 0 radical (unpaired) electrons. The predicted molar refractivity (Wildman–Crippen MR) is 46.3 cm³/mol. The number of hydrogen-bond acceptors (Lipinski definition) is 2. The molecular weight excluding hydrogens is 152 g/mol. The molecule has 0 heterocycles. The van der Waals surface area contributed by atoms with Gasteiger partial charge in [0.25, 0.3) is 0 Å². The van der Waals surface area contributed by atoms with Gasteiger partial charge in [0.05, 0.1) is 12.2 Å². The van der Waals surface area contributed by atoms with Gasteiger partial charge in [-0.05, 0) is 38.0 Å². The Morgan fingerprint density at radius 3 is 2.92 bits per heavy atom. The highest BCUT2D eigenvalue weighted by Crippen LogP contribution is 2.29. The maximum absolute atomic E-state index is 10.9. The van der Waals surface area contributed by atoms with Crippen molar-refractivity contribution in [1.29, 1.82) is 0 Å². The summed E-state index contributed by atoms with van der Waals surface area (Å²) in [6.45, 7) is 1.88. The molecule has 0 atom stereocenters. The lowest BCUT2D eigenvalue weighted by Gasteiger charge is -1.92. The molecular formula is C10H12O2. The van der Waals surface area contributed by atoms with E-state index in [4.69, 9.17) is 4.74 Å². The second-order valence-electron chi connectivity index (χ2n) is 2.66. The Balaban J connectivity index is 2.19. The van der Waals surface area contributed by atoms with E-state index < -0.39 is 0 Å². The van der Waals surface area contributed by atoms with Gasteiger partial charge in [-0.25, -0.2) is 0 Å². The third-order valence-corrected chi connectivity index (χ3v) is 1.53. The quantitative estimate of drug-likeness (QED) is 0.276. The number of carbonyl (C=O) groups excluding carboxylic acids is 1. The topological polar surface area (TPSA) is 26.3 Å². The van der Waals surface area contributed by atoms with Crippen LogP contribution in [0.15, 0.2) is 30.2 Å².